The zero-order valence-electron chi connectivity index (χ0n) is 12.1. The predicted molar refractivity (Wildman–Crippen MR) is 88.5 cm³/mol. The van der Waals surface area contributed by atoms with Crippen molar-refractivity contribution in [3.05, 3.63) is 70.2 Å². The standard InChI is InChI=1S/C18H19BrO2/c1-2-21-18(15-8-10-16(19)11-9-15)13-12-17(20)14-6-4-3-5-7-14/h3-11,18H,2,12-13H2,1H3. The summed E-state index contributed by atoms with van der Waals surface area (Å²) in [5, 5.41) is 0. The number of Topliss-reactive ketones (excluding diaryl/α,β-unsaturated/α-hetero) is 1. The molecule has 0 heterocycles. The van der Waals surface area contributed by atoms with Gasteiger partial charge in [-0.15, -0.1) is 0 Å². The Balaban J connectivity index is 2.00. The van der Waals surface area contributed by atoms with Gasteiger partial charge in [-0.25, -0.2) is 0 Å². The highest BCUT2D eigenvalue weighted by Gasteiger charge is 2.14. The summed E-state index contributed by atoms with van der Waals surface area (Å²) in [5.74, 6) is 0.164. The Hall–Kier alpha value is -1.45. The lowest BCUT2D eigenvalue weighted by atomic mass is 10.0. The van der Waals surface area contributed by atoms with Crippen LogP contribution in [0.15, 0.2) is 59.1 Å². The lowest BCUT2D eigenvalue weighted by Gasteiger charge is -2.17. The van der Waals surface area contributed by atoms with E-state index in [-0.39, 0.29) is 11.9 Å². The van der Waals surface area contributed by atoms with Crippen LogP contribution in [-0.4, -0.2) is 12.4 Å². The minimum Gasteiger partial charge on any atom is -0.374 e. The average molecular weight is 347 g/mol. The molecule has 0 bridgehead atoms. The first kappa shape index (κ1) is 15.9. The molecule has 0 spiro atoms. The third kappa shape index (κ3) is 4.80. The molecule has 0 radical (unpaired) electrons. The van der Waals surface area contributed by atoms with Gasteiger partial charge in [0.15, 0.2) is 5.78 Å². The molecule has 2 nitrogen and oxygen atoms in total. The van der Waals surface area contributed by atoms with E-state index in [4.69, 9.17) is 4.74 Å². The van der Waals surface area contributed by atoms with Gasteiger partial charge in [0.1, 0.15) is 0 Å². The minimum atomic E-state index is -0.0317. The van der Waals surface area contributed by atoms with E-state index in [0.717, 1.165) is 15.6 Å². The van der Waals surface area contributed by atoms with Crippen LogP contribution in [0.4, 0.5) is 0 Å². The van der Waals surface area contributed by atoms with Crippen LogP contribution in [0, 0.1) is 0 Å². The van der Waals surface area contributed by atoms with Gasteiger partial charge in [-0.2, -0.15) is 0 Å². The second-order valence-electron chi connectivity index (χ2n) is 4.82. The summed E-state index contributed by atoms with van der Waals surface area (Å²) in [6.07, 6.45) is 1.16. The molecule has 0 aliphatic carbocycles. The van der Waals surface area contributed by atoms with Gasteiger partial charge in [0, 0.05) is 23.1 Å². The van der Waals surface area contributed by atoms with Gasteiger partial charge >= 0.3 is 0 Å². The molecule has 21 heavy (non-hydrogen) atoms. The molecule has 0 aromatic heterocycles. The molecule has 0 amide bonds. The van der Waals surface area contributed by atoms with Crippen molar-refractivity contribution < 1.29 is 9.53 Å². The fourth-order valence-electron chi connectivity index (χ4n) is 2.26. The van der Waals surface area contributed by atoms with Gasteiger partial charge in [0.2, 0.25) is 0 Å². The number of benzene rings is 2. The molecule has 0 saturated carbocycles. The number of hydrogen-bond donors (Lipinski definition) is 0. The van der Waals surface area contributed by atoms with E-state index in [9.17, 15) is 4.79 Å². The number of carbonyl (C=O) groups is 1. The topological polar surface area (TPSA) is 26.3 Å². The summed E-state index contributed by atoms with van der Waals surface area (Å²) in [6.45, 7) is 2.62. The van der Waals surface area contributed by atoms with Crippen LogP contribution < -0.4 is 0 Å². The first-order chi connectivity index (χ1) is 10.2. The van der Waals surface area contributed by atoms with E-state index in [1.807, 2.05) is 61.5 Å². The van der Waals surface area contributed by atoms with E-state index < -0.39 is 0 Å². The van der Waals surface area contributed by atoms with Crippen molar-refractivity contribution in [2.24, 2.45) is 0 Å². The minimum absolute atomic E-state index is 0.0317. The zero-order chi connectivity index (χ0) is 15.1. The molecule has 2 aromatic rings. The highest BCUT2D eigenvalue weighted by molar-refractivity contribution is 9.10. The van der Waals surface area contributed by atoms with Gasteiger partial charge in [0.05, 0.1) is 6.10 Å². The van der Waals surface area contributed by atoms with Crippen LogP contribution in [0.25, 0.3) is 0 Å². The van der Waals surface area contributed by atoms with Crippen molar-refractivity contribution >= 4 is 21.7 Å². The quantitative estimate of drug-likeness (QED) is 0.645. The largest absolute Gasteiger partial charge is 0.374 e. The Morgan fingerprint density at radius 2 is 1.76 bits per heavy atom. The number of ether oxygens (including phenoxy) is 1. The molecule has 3 heteroatoms. The summed E-state index contributed by atoms with van der Waals surface area (Å²) in [6, 6.07) is 17.5. The van der Waals surface area contributed by atoms with E-state index in [1.165, 1.54) is 0 Å². The third-order valence-corrected chi connectivity index (χ3v) is 3.87. The third-order valence-electron chi connectivity index (χ3n) is 3.34. The summed E-state index contributed by atoms with van der Waals surface area (Å²) in [5.41, 5.74) is 1.88. The van der Waals surface area contributed by atoms with Crippen LogP contribution in [0.2, 0.25) is 0 Å². The Bertz CT molecular complexity index is 564. The second kappa shape index (κ2) is 8.11. The van der Waals surface area contributed by atoms with Crippen molar-refractivity contribution in [2.75, 3.05) is 6.61 Å². The Labute approximate surface area is 134 Å². The number of ketones is 1. The Kier molecular flexibility index (Phi) is 6.15. The van der Waals surface area contributed by atoms with Crippen LogP contribution in [-0.2, 0) is 4.74 Å². The average Bonchev–Trinajstić information content (AvgIpc) is 2.53. The van der Waals surface area contributed by atoms with Crippen molar-refractivity contribution in [2.45, 2.75) is 25.9 Å². The highest BCUT2D eigenvalue weighted by Crippen LogP contribution is 2.25. The van der Waals surface area contributed by atoms with E-state index >= 15 is 0 Å². The van der Waals surface area contributed by atoms with Gasteiger partial charge in [-0.05, 0) is 31.0 Å². The molecule has 0 aliphatic rings. The number of halogens is 1. The summed E-state index contributed by atoms with van der Waals surface area (Å²) < 4.78 is 6.83. The maximum atomic E-state index is 12.2. The lowest BCUT2D eigenvalue weighted by Crippen LogP contribution is -2.08. The molecule has 0 fully saturated rings. The van der Waals surface area contributed by atoms with E-state index in [1.54, 1.807) is 0 Å². The SMILES string of the molecule is CCOC(CCC(=O)c1ccccc1)c1ccc(Br)cc1. The van der Waals surface area contributed by atoms with Crippen molar-refractivity contribution in [3.8, 4) is 0 Å². The smallest absolute Gasteiger partial charge is 0.162 e. The predicted octanol–water partition coefficient (Wildman–Crippen LogP) is 5.19. The molecule has 2 rings (SSSR count). The fraction of sp³-hybridized carbons (Fsp3) is 0.278. The fourth-order valence-corrected chi connectivity index (χ4v) is 2.52. The van der Waals surface area contributed by atoms with Crippen LogP contribution >= 0.6 is 15.9 Å². The molecule has 0 N–H and O–H groups in total. The molecule has 1 unspecified atom stereocenters. The summed E-state index contributed by atoms with van der Waals surface area (Å²) in [7, 11) is 0. The number of hydrogen-bond acceptors (Lipinski definition) is 2. The molecule has 1 atom stereocenters. The maximum Gasteiger partial charge on any atom is 0.162 e. The Morgan fingerprint density at radius 3 is 2.38 bits per heavy atom. The number of carbonyl (C=O) groups excluding carboxylic acids is 1. The van der Waals surface area contributed by atoms with Crippen molar-refractivity contribution in [1.82, 2.24) is 0 Å². The lowest BCUT2D eigenvalue weighted by molar-refractivity contribution is 0.0527. The highest BCUT2D eigenvalue weighted by atomic mass is 79.9. The zero-order valence-corrected chi connectivity index (χ0v) is 13.7. The van der Waals surface area contributed by atoms with Crippen LogP contribution in [0.1, 0.15) is 41.8 Å². The van der Waals surface area contributed by atoms with Gasteiger partial charge in [-0.1, -0.05) is 58.4 Å². The molecular formula is C18H19BrO2. The summed E-state index contributed by atoms with van der Waals surface area (Å²) in [4.78, 5) is 12.2. The van der Waals surface area contributed by atoms with Gasteiger partial charge < -0.3 is 4.74 Å². The second-order valence-corrected chi connectivity index (χ2v) is 5.74. The van der Waals surface area contributed by atoms with Crippen LogP contribution in [0.5, 0.6) is 0 Å². The van der Waals surface area contributed by atoms with Crippen molar-refractivity contribution in [1.29, 1.82) is 0 Å². The summed E-state index contributed by atoms with van der Waals surface area (Å²) >= 11 is 3.43. The molecular weight excluding hydrogens is 328 g/mol. The van der Waals surface area contributed by atoms with Gasteiger partial charge in [0.25, 0.3) is 0 Å². The van der Waals surface area contributed by atoms with Crippen LogP contribution in [0.3, 0.4) is 0 Å². The molecule has 110 valence electrons. The first-order valence-corrected chi connectivity index (χ1v) is 7.95. The Morgan fingerprint density at radius 1 is 1.10 bits per heavy atom. The number of rotatable bonds is 7. The van der Waals surface area contributed by atoms with Crippen molar-refractivity contribution in [3.63, 3.8) is 0 Å². The molecule has 0 saturated heterocycles. The van der Waals surface area contributed by atoms with E-state index in [0.29, 0.717) is 19.4 Å². The normalized spacial score (nSPS) is 12.1. The molecule has 0 aliphatic heterocycles. The van der Waals surface area contributed by atoms with E-state index in [2.05, 4.69) is 15.9 Å². The van der Waals surface area contributed by atoms with Gasteiger partial charge in [-0.3, -0.25) is 4.79 Å². The molecule has 2 aromatic carbocycles. The maximum absolute atomic E-state index is 12.2. The first-order valence-electron chi connectivity index (χ1n) is 7.16. The monoisotopic (exact) mass is 346 g/mol.